The first-order valence-corrected chi connectivity index (χ1v) is 9.15. The van der Waals surface area contributed by atoms with Gasteiger partial charge in [-0.1, -0.05) is 6.07 Å². The summed E-state index contributed by atoms with van der Waals surface area (Å²) in [6.07, 6.45) is 5.24. The van der Waals surface area contributed by atoms with Gasteiger partial charge in [-0.3, -0.25) is 4.79 Å². The van der Waals surface area contributed by atoms with E-state index in [0.29, 0.717) is 32.6 Å². The Labute approximate surface area is 123 Å². The lowest BCUT2D eigenvalue weighted by atomic mass is 10.3. The van der Waals surface area contributed by atoms with Gasteiger partial charge in [0.05, 0.1) is 6.26 Å². The standard InChI is InChI=1S/C13H18N2O3S2/c1-20(17,18)15-8-3-7-14(9-10-15)13(16)6-5-12-4-2-11-19-12/h2,4-6,11H,3,7-10H2,1H3/b6-5-. The van der Waals surface area contributed by atoms with E-state index in [2.05, 4.69) is 0 Å². The van der Waals surface area contributed by atoms with E-state index < -0.39 is 10.0 Å². The van der Waals surface area contributed by atoms with Gasteiger partial charge in [0.15, 0.2) is 0 Å². The van der Waals surface area contributed by atoms with Crippen LogP contribution >= 0.6 is 11.3 Å². The van der Waals surface area contributed by atoms with Gasteiger partial charge in [-0.2, -0.15) is 0 Å². The van der Waals surface area contributed by atoms with Crippen molar-refractivity contribution >= 4 is 33.3 Å². The van der Waals surface area contributed by atoms with Crippen LogP contribution in [0.25, 0.3) is 6.08 Å². The van der Waals surface area contributed by atoms with Gasteiger partial charge in [-0.25, -0.2) is 12.7 Å². The topological polar surface area (TPSA) is 57.7 Å². The van der Waals surface area contributed by atoms with E-state index in [0.717, 1.165) is 4.88 Å². The highest BCUT2D eigenvalue weighted by atomic mass is 32.2. The minimum atomic E-state index is -3.17. The van der Waals surface area contributed by atoms with Crippen molar-refractivity contribution in [2.45, 2.75) is 6.42 Å². The molecule has 1 aliphatic rings. The van der Waals surface area contributed by atoms with E-state index in [1.807, 2.05) is 17.5 Å². The van der Waals surface area contributed by atoms with Crippen molar-refractivity contribution in [1.82, 2.24) is 9.21 Å². The average Bonchev–Trinajstić information content (AvgIpc) is 2.76. The molecule has 0 atom stereocenters. The Kier molecular flexibility index (Phi) is 4.95. The molecule has 2 heterocycles. The molecule has 1 aromatic heterocycles. The van der Waals surface area contributed by atoms with E-state index >= 15 is 0 Å². The van der Waals surface area contributed by atoms with Crippen molar-refractivity contribution in [3.05, 3.63) is 28.5 Å². The minimum Gasteiger partial charge on any atom is -0.338 e. The second-order valence-electron chi connectivity index (χ2n) is 4.69. The molecule has 5 nitrogen and oxygen atoms in total. The molecule has 110 valence electrons. The maximum Gasteiger partial charge on any atom is 0.246 e. The van der Waals surface area contributed by atoms with Crippen LogP contribution in [0.15, 0.2) is 23.6 Å². The monoisotopic (exact) mass is 314 g/mol. The first-order valence-electron chi connectivity index (χ1n) is 6.42. The zero-order chi connectivity index (χ0) is 14.6. The van der Waals surface area contributed by atoms with E-state index in [1.54, 1.807) is 28.4 Å². The second kappa shape index (κ2) is 6.51. The molecular weight excluding hydrogens is 296 g/mol. The highest BCUT2D eigenvalue weighted by Crippen LogP contribution is 2.12. The minimum absolute atomic E-state index is 0.0613. The Morgan fingerprint density at radius 2 is 2.10 bits per heavy atom. The number of carbonyl (C=O) groups is 1. The SMILES string of the molecule is CS(=O)(=O)N1CCCN(C(=O)/C=C\c2cccs2)CC1. The quantitative estimate of drug-likeness (QED) is 0.789. The number of thiophene rings is 1. The maximum absolute atomic E-state index is 12.1. The van der Waals surface area contributed by atoms with Gasteiger partial charge < -0.3 is 4.90 Å². The largest absolute Gasteiger partial charge is 0.338 e. The molecule has 2 rings (SSSR count). The highest BCUT2D eigenvalue weighted by molar-refractivity contribution is 7.88. The van der Waals surface area contributed by atoms with Crippen LogP contribution in [0.5, 0.6) is 0 Å². The van der Waals surface area contributed by atoms with Crippen LogP contribution in [-0.2, 0) is 14.8 Å². The van der Waals surface area contributed by atoms with Crippen LogP contribution in [0, 0.1) is 0 Å². The third kappa shape index (κ3) is 4.16. The summed E-state index contributed by atoms with van der Waals surface area (Å²) in [5, 5.41) is 1.96. The fourth-order valence-corrected chi connectivity index (χ4v) is 3.58. The highest BCUT2D eigenvalue weighted by Gasteiger charge is 2.22. The van der Waals surface area contributed by atoms with Gasteiger partial charge in [0.25, 0.3) is 0 Å². The van der Waals surface area contributed by atoms with Crippen LogP contribution in [0.1, 0.15) is 11.3 Å². The molecule has 1 amide bonds. The summed E-state index contributed by atoms with van der Waals surface area (Å²) in [4.78, 5) is 14.8. The number of hydrogen-bond acceptors (Lipinski definition) is 4. The molecule has 7 heteroatoms. The molecule has 0 radical (unpaired) electrons. The maximum atomic E-state index is 12.1. The molecule has 20 heavy (non-hydrogen) atoms. The van der Waals surface area contributed by atoms with Crippen molar-refractivity contribution in [3.63, 3.8) is 0 Å². The summed E-state index contributed by atoms with van der Waals surface area (Å²) in [5.74, 6) is -0.0613. The number of hydrogen-bond donors (Lipinski definition) is 0. The lowest BCUT2D eigenvalue weighted by molar-refractivity contribution is -0.125. The predicted molar refractivity (Wildman–Crippen MR) is 81.0 cm³/mol. The van der Waals surface area contributed by atoms with Crippen molar-refractivity contribution in [3.8, 4) is 0 Å². The van der Waals surface area contributed by atoms with Gasteiger partial charge in [0.1, 0.15) is 0 Å². The van der Waals surface area contributed by atoms with E-state index in [-0.39, 0.29) is 5.91 Å². The first-order chi connectivity index (χ1) is 9.47. The summed E-state index contributed by atoms with van der Waals surface area (Å²) < 4.78 is 24.4. The van der Waals surface area contributed by atoms with Crippen molar-refractivity contribution in [1.29, 1.82) is 0 Å². The molecule has 0 aromatic carbocycles. The Morgan fingerprint density at radius 3 is 2.75 bits per heavy atom. The summed E-state index contributed by atoms with van der Waals surface area (Å²) in [7, 11) is -3.17. The van der Waals surface area contributed by atoms with Crippen LogP contribution in [0.4, 0.5) is 0 Å². The van der Waals surface area contributed by atoms with Gasteiger partial charge in [0.2, 0.25) is 15.9 Å². The van der Waals surface area contributed by atoms with Crippen molar-refractivity contribution in [2.75, 3.05) is 32.4 Å². The van der Waals surface area contributed by atoms with Gasteiger partial charge in [-0.15, -0.1) is 11.3 Å². The van der Waals surface area contributed by atoms with Crippen molar-refractivity contribution < 1.29 is 13.2 Å². The number of sulfonamides is 1. The van der Waals surface area contributed by atoms with E-state index in [1.165, 1.54) is 10.6 Å². The van der Waals surface area contributed by atoms with Crippen LogP contribution in [-0.4, -0.2) is 56.0 Å². The molecule has 1 fully saturated rings. The summed E-state index contributed by atoms with van der Waals surface area (Å²) in [5.41, 5.74) is 0. The summed E-state index contributed by atoms with van der Waals surface area (Å²) >= 11 is 1.57. The number of carbonyl (C=O) groups excluding carboxylic acids is 1. The first kappa shape index (κ1) is 15.2. The molecule has 0 aliphatic carbocycles. The Balaban J connectivity index is 1.95. The van der Waals surface area contributed by atoms with Gasteiger partial charge >= 0.3 is 0 Å². The molecule has 0 saturated carbocycles. The molecule has 1 aromatic rings. The number of amides is 1. The second-order valence-corrected chi connectivity index (χ2v) is 7.65. The lowest BCUT2D eigenvalue weighted by Gasteiger charge is -2.19. The molecule has 1 saturated heterocycles. The summed E-state index contributed by atoms with van der Waals surface area (Å²) in [6.45, 7) is 1.90. The predicted octanol–water partition coefficient (Wildman–Crippen LogP) is 1.26. The van der Waals surface area contributed by atoms with E-state index in [9.17, 15) is 13.2 Å². The smallest absolute Gasteiger partial charge is 0.246 e. The van der Waals surface area contributed by atoms with Gasteiger partial charge in [-0.05, 0) is 23.9 Å². The molecular formula is C13H18N2O3S2. The molecule has 0 bridgehead atoms. The fourth-order valence-electron chi connectivity index (χ4n) is 2.09. The molecule has 0 unspecified atom stereocenters. The Hall–Kier alpha value is -1.18. The average molecular weight is 314 g/mol. The van der Waals surface area contributed by atoms with Crippen LogP contribution in [0.2, 0.25) is 0 Å². The summed E-state index contributed by atoms with van der Waals surface area (Å²) in [6, 6.07) is 3.88. The molecule has 1 aliphatic heterocycles. The van der Waals surface area contributed by atoms with Gasteiger partial charge in [0, 0.05) is 37.1 Å². The third-order valence-corrected chi connectivity index (χ3v) is 5.31. The van der Waals surface area contributed by atoms with Crippen LogP contribution in [0.3, 0.4) is 0 Å². The van der Waals surface area contributed by atoms with Crippen LogP contribution < -0.4 is 0 Å². The van der Waals surface area contributed by atoms with Crippen molar-refractivity contribution in [2.24, 2.45) is 0 Å². The Bertz CT molecular complexity index is 579. The normalized spacial score (nSPS) is 18.4. The molecule has 0 N–H and O–H groups in total. The zero-order valence-electron chi connectivity index (χ0n) is 11.4. The lowest BCUT2D eigenvalue weighted by Crippen LogP contribution is -2.36. The van der Waals surface area contributed by atoms with E-state index in [4.69, 9.17) is 0 Å². The molecule has 0 spiro atoms. The zero-order valence-corrected chi connectivity index (χ0v) is 13.0. The number of nitrogens with zero attached hydrogens (tertiary/aromatic N) is 2. The fraction of sp³-hybridized carbons (Fsp3) is 0.462. The number of rotatable bonds is 3. The Morgan fingerprint density at radius 1 is 1.30 bits per heavy atom. The third-order valence-electron chi connectivity index (χ3n) is 3.17.